The van der Waals surface area contributed by atoms with E-state index in [-0.39, 0.29) is 0 Å². The van der Waals surface area contributed by atoms with Crippen LogP contribution in [0.4, 0.5) is 0 Å². The summed E-state index contributed by atoms with van der Waals surface area (Å²) in [5.74, 6) is 1.36. The van der Waals surface area contributed by atoms with Crippen LogP contribution in [-0.2, 0) is 13.5 Å². The van der Waals surface area contributed by atoms with Gasteiger partial charge in [0.15, 0.2) is 0 Å². The number of aryl methyl sites for hydroxylation is 2. The number of hydrogen-bond acceptors (Lipinski definition) is 0. The van der Waals surface area contributed by atoms with Crippen LogP contribution in [0.1, 0.15) is 83.4 Å². The van der Waals surface area contributed by atoms with Crippen molar-refractivity contribution < 1.29 is 4.57 Å². The van der Waals surface area contributed by atoms with Gasteiger partial charge in [-0.15, -0.1) is 0 Å². The van der Waals surface area contributed by atoms with Crippen LogP contribution in [0.5, 0.6) is 0 Å². The van der Waals surface area contributed by atoms with Gasteiger partial charge in [-0.2, -0.15) is 0 Å². The third-order valence-electron chi connectivity index (χ3n) is 3.99. The normalized spacial score (nSPS) is 11.1. The molecule has 1 rings (SSSR count). The molecule has 1 heterocycles. The molecule has 1 aromatic heterocycles. The summed E-state index contributed by atoms with van der Waals surface area (Å²) in [6.45, 7) is 2.28. The minimum Gasteiger partial charge on any atom is -0.248 e. The van der Waals surface area contributed by atoms with Crippen LogP contribution < -0.4 is 4.57 Å². The smallest absolute Gasteiger partial charge is 0.248 e. The molecular weight excluding hydrogens is 232 g/mol. The number of nitrogens with zero attached hydrogens (tertiary/aromatic N) is 1. The van der Waals surface area contributed by atoms with Gasteiger partial charge in [-0.1, -0.05) is 71.1 Å². The highest BCUT2D eigenvalue weighted by molar-refractivity contribution is 4.76. The van der Waals surface area contributed by atoms with Crippen molar-refractivity contribution in [3.8, 4) is 0 Å². The molecule has 19 heavy (non-hydrogen) atoms. The Morgan fingerprint density at radius 3 is 1.84 bits per heavy atom. The van der Waals surface area contributed by atoms with Gasteiger partial charge in [0.05, 0.1) is 7.05 Å². The van der Waals surface area contributed by atoms with Gasteiger partial charge in [-0.3, -0.25) is 0 Å². The SMILES string of the molecule is CCCCCCCCCCCCCc1[nH]cc[n+]1C. The zero-order valence-electron chi connectivity index (χ0n) is 13.1. The molecule has 0 aliphatic heterocycles. The fourth-order valence-electron chi connectivity index (χ4n) is 2.64. The first kappa shape index (κ1) is 16.3. The van der Waals surface area contributed by atoms with Crippen molar-refractivity contribution >= 4 is 0 Å². The first-order valence-electron chi connectivity index (χ1n) is 8.36. The minimum atomic E-state index is 1.19. The molecule has 110 valence electrons. The molecule has 0 aliphatic rings. The summed E-state index contributed by atoms with van der Waals surface area (Å²) in [5, 5.41) is 0. The Morgan fingerprint density at radius 1 is 0.842 bits per heavy atom. The molecule has 1 aromatic rings. The average molecular weight is 265 g/mol. The summed E-state index contributed by atoms with van der Waals surface area (Å²) in [7, 11) is 2.12. The van der Waals surface area contributed by atoms with E-state index in [1.807, 2.05) is 6.20 Å². The van der Waals surface area contributed by atoms with Crippen LogP contribution in [-0.4, -0.2) is 4.98 Å². The molecule has 2 nitrogen and oxygen atoms in total. The molecule has 0 radical (unpaired) electrons. The summed E-state index contributed by atoms with van der Waals surface area (Å²) in [6.07, 6.45) is 20.9. The Labute approximate surface area is 119 Å². The highest BCUT2D eigenvalue weighted by Crippen LogP contribution is 2.11. The monoisotopic (exact) mass is 265 g/mol. The van der Waals surface area contributed by atoms with E-state index in [4.69, 9.17) is 0 Å². The molecule has 0 aliphatic carbocycles. The van der Waals surface area contributed by atoms with Crippen LogP contribution >= 0.6 is 0 Å². The van der Waals surface area contributed by atoms with Gasteiger partial charge in [0, 0.05) is 6.42 Å². The molecule has 0 fully saturated rings. The molecule has 0 spiro atoms. The standard InChI is InChI=1S/C17H32N2/c1-3-4-5-6-7-8-9-10-11-12-13-14-17-18-15-16-19(17)2/h15-16H,3-14H2,1-2H3/p+1. The fraction of sp³-hybridized carbons (Fsp3) is 0.824. The van der Waals surface area contributed by atoms with Gasteiger partial charge < -0.3 is 0 Å². The van der Waals surface area contributed by atoms with Gasteiger partial charge in [-0.25, -0.2) is 9.55 Å². The molecule has 0 unspecified atom stereocenters. The number of aromatic amines is 1. The molecule has 0 aromatic carbocycles. The first-order valence-corrected chi connectivity index (χ1v) is 8.36. The number of hydrogen-bond donors (Lipinski definition) is 1. The summed E-state index contributed by atoms with van der Waals surface area (Å²) >= 11 is 0. The Balaban J connectivity index is 1.80. The van der Waals surface area contributed by atoms with E-state index in [0.717, 1.165) is 0 Å². The molecule has 0 saturated heterocycles. The number of nitrogens with one attached hydrogen (secondary N) is 1. The maximum absolute atomic E-state index is 3.30. The molecule has 0 atom stereocenters. The molecule has 0 amide bonds. The second-order valence-corrected chi connectivity index (χ2v) is 5.80. The maximum Gasteiger partial charge on any atom is 0.253 e. The lowest BCUT2D eigenvalue weighted by molar-refractivity contribution is -0.677. The number of aromatic nitrogens is 2. The third-order valence-corrected chi connectivity index (χ3v) is 3.99. The average Bonchev–Trinajstić information content (AvgIpc) is 2.82. The van der Waals surface area contributed by atoms with Crippen molar-refractivity contribution in [3.05, 3.63) is 18.2 Å². The molecular formula is C17H33N2+. The van der Waals surface area contributed by atoms with Crippen LogP contribution in [0.3, 0.4) is 0 Å². The zero-order chi connectivity index (χ0) is 13.8. The van der Waals surface area contributed by atoms with Crippen molar-refractivity contribution in [2.75, 3.05) is 0 Å². The minimum absolute atomic E-state index is 1.19. The van der Waals surface area contributed by atoms with Gasteiger partial charge >= 0.3 is 0 Å². The Hall–Kier alpha value is -0.790. The summed E-state index contributed by atoms with van der Waals surface area (Å²) in [6, 6.07) is 0. The van der Waals surface area contributed by atoms with Gasteiger partial charge in [0.25, 0.3) is 5.82 Å². The topological polar surface area (TPSA) is 19.7 Å². The van der Waals surface area contributed by atoms with Crippen molar-refractivity contribution in [3.63, 3.8) is 0 Å². The largest absolute Gasteiger partial charge is 0.253 e. The Kier molecular flexibility index (Phi) is 9.48. The zero-order valence-corrected chi connectivity index (χ0v) is 13.1. The molecule has 0 saturated carbocycles. The maximum atomic E-state index is 3.30. The summed E-state index contributed by atoms with van der Waals surface area (Å²) in [5.41, 5.74) is 0. The second-order valence-electron chi connectivity index (χ2n) is 5.80. The summed E-state index contributed by atoms with van der Waals surface area (Å²) in [4.78, 5) is 3.30. The number of imidazole rings is 1. The van der Waals surface area contributed by atoms with E-state index in [0.29, 0.717) is 0 Å². The van der Waals surface area contributed by atoms with Crippen molar-refractivity contribution in [2.45, 2.75) is 84.0 Å². The lowest BCUT2D eigenvalue weighted by Gasteiger charge is -2.01. The highest BCUT2D eigenvalue weighted by atomic mass is 15.0. The van der Waals surface area contributed by atoms with E-state index >= 15 is 0 Å². The van der Waals surface area contributed by atoms with E-state index in [9.17, 15) is 0 Å². The van der Waals surface area contributed by atoms with Crippen molar-refractivity contribution in [1.29, 1.82) is 0 Å². The summed E-state index contributed by atoms with van der Waals surface area (Å²) < 4.78 is 2.19. The predicted octanol–water partition coefficient (Wildman–Crippen LogP) is 4.69. The Bertz CT molecular complexity index is 304. The lowest BCUT2D eigenvalue weighted by atomic mass is 10.1. The molecule has 0 bridgehead atoms. The van der Waals surface area contributed by atoms with Gasteiger partial charge in [0.1, 0.15) is 12.4 Å². The first-order chi connectivity index (χ1) is 9.34. The third kappa shape index (κ3) is 8.07. The molecule has 1 N–H and O–H groups in total. The Morgan fingerprint density at radius 2 is 1.37 bits per heavy atom. The van der Waals surface area contributed by atoms with Crippen LogP contribution in [0, 0.1) is 0 Å². The quantitative estimate of drug-likeness (QED) is 0.418. The van der Waals surface area contributed by atoms with E-state index in [1.165, 1.54) is 82.9 Å². The van der Waals surface area contributed by atoms with E-state index < -0.39 is 0 Å². The highest BCUT2D eigenvalue weighted by Gasteiger charge is 2.04. The second kappa shape index (κ2) is 11.1. The number of H-pyrrole nitrogens is 1. The van der Waals surface area contributed by atoms with E-state index in [2.05, 4.69) is 29.7 Å². The number of rotatable bonds is 12. The van der Waals surface area contributed by atoms with Crippen LogP contribution in [0.15, 0.2) is 12.4 Å². The van der Waals surface area contributed by atoms with Crippen LogP contribution in [0.25, 0.3) is 0 Å². The van der Waals surface area contributed by atoms with Crippen LogP contribution in [0.2, 0.25) is 0 Å². The van der Waals surface area contributed by atoms with Crippen molar-refractivity contribution in [1.82, 2.24) is 4.98 Å². The van der Waals surface area contributed by atoms with Crippen molar-refractivity contribution in [2.24, 2.45) is 7.05 Å². The van der Waals surface area contributed by atoms with E-state index in [1.54, 1.807) is 0 Å². The fourth-order valence-corrected chi connectivity index (χ4v) is 2.64. The number of unbranched alkanes of at least 4 members (excludes halogenated alkanes) is 10. The van der Waals surface area contributed by atoms with Gasteiger partial charge in [-0.05, 0) is 6.42 Å². The lowest BCUT2D eigenvalue weighted by Crippen LogP contribution is -2.30. The molecule has 2 heteroatoms. The predicted molar refractivity (Wildman–Crippen MR) is 82.1 cm³/mol. The van der Waals surface area contributed by atoms with Gasteiger partial charge in [0.2, 0.25) is 0 Å².